The van der Waals surface area contributed by atoms with Crippen LogP contribution in [0.15, 0.2) is 30.3 Å². The Morgan fingerprint density at radius 2 is 1.80 bits per heavy atom. The lowest BCUT2D eigenvalue weighted by Gasteiger charge is -2.46. The maximum absolute atomic E-state index is 12.7. The van der Waals surface area contributed by atoms with E-state index in [2.05, 4.69) is 0 Å². The van der Waals surface area contributed by atoms with Gasteiger partial charge in [0.2, 0.25) is 5.91 Å². The van der Waals surface area contributed by atoms with Gasteiger partial charge in [-0.3, -0.25) is 4.79 Å². The first-order valence-electron chi connectivity index (χ1n) is 7.43. The molecule has 0 spiro atoms. The van der Waals surface area contributed by atoms with Gasteiger partial charge in [-0.2, -0.15) is 0 Å². The van der Waals surface area contributed by atoms with Gasteiger partial charge in [-0.05, 0) is 31.9 Å². The molecule has 3 rings (SSSR count). The Hall–Kier alpha value is -1.84. The highest BCUT2D eigenvalue weighted by atomic mass is 16.2. The number of imide groups is 1. The van der Waals surface area contributed by atoms with Gasteiger partial charge in [0.25, 0.3) is 0 Å². The summed E-state index contributed by atoms with van der Waals surface area (Å²) in [4.78, 5) is 28.6. The molecule has 1 aromatic carbocycles. The lowest BCUT2D eigenvalue weighted by molar-refractivity contribution is -0.126. The van der Waals surface area contributed by atoms with Gasteiger partial charge in [0, 0.05) is 12.6 Å². The third kappa shape index (κ3) is 1.99. The molecule has 2 atom stereocenters. The molecule has 4 heteroatoms. The number of fused-ring (bicyclic) bond motifs is 1. The molecule has 1 aliphatic carbocycles. The van der Waals surface area contributed by atoms with Crippen molar-refractivity contribution in [3.05, 3.63) is 30.3 Å². The van der Waals surface area contributed by atoms with E-state index in [4.69, 9.17) is 0 Å². The number of para-hydroxylation sites is 1. The summed E-state index contributed by atoms with van der Waals surface area (Å²) in [5.74, 6) is -0.0443. The van der Waals surface area contributed by atoms with E-state index in [0.717, 1.165) is 25.7 Å². The second-order valence-corrected chi connectivity index (χ2v) is 5.54. The third-order valence-corrected chi connectivity index (χ3v) is 4.46. The summed E-state index contributed by atoms with van der Waals surface area (Å²) in [7, 11) is 0. The minimum absolute atomic E-state index is 0.0180. The van der Waals surface area contributed by atoms with Gasteiger partial charge in [-0.1, -0.05) is 31.0 Å². The van der Waals surface area contributed by atoms with Crippen molar-refractivity contribution in [2.24, 2.45) is 5.92 Å². The van der Waals surface area contributed by atoms with Crippen molar-refractivity contribution >= 4 is 17.6 Å². The summed E-state index contributed by atoms with van der Waals surface area (Å²) in [5.41, 5.74) is 0.685. The van der Waals surface area contributed by atoms with Crippen molar-refractivity contribution in [1.82, 2.24) is 4.90 Å². The van der Waals surface area contributed by atoms with Gasteiger partial charge in [-0.25, -0.2) is 9.69 Å². The summed E-state index contributed by atoms with van der Waals surface area (Å²) in [6, 6.07) is 9.21. The third-order valence-electron chi connectivity index (χ3n) is 4.46. The monoisotopic (exact) mass is 272 g/mol. The molecule has 1 saturated heterocycles. The fraction of sp³-hybridized carbons (Fsp3) is 0.500. The number of hydrogen-bond donors (Lipinski definition) is 0. The highest BCUT2D eigenvalue weighted by molar-refractivity contribution is 6.17. The second kappa shape index (κ2) is 5.27. The molecule has 0 aromatic heterocycles. The van der Waals surface area contributed by atoms with Crippen LogP contribution in [0.4, 0.5) is 10.5 Å². The molecule has 0 bridgehead atoms. The van der Waals surface area contributed by atoms with E-state index in [-0.39, 0.29) is 23.9 Å². The molecule has 1 heterocycles. The predicted octanol–water partition coefficient (Wildman–Crippen LogP) is 3.03. The van der Waals surface area contributed by atoms with E-state index in [1.54, 1.807) is 0 Å². The first kappa shape index (κ1) is 13.2. The molecule has 3 amide bonds. The van der Waals surface area contributed by atoms with E-state index in [1.165, 1.54) is 4.90 Å². The van der Waals surface area contributed by atoms with E-state index < -0.39 is 0 Å². The summed E-state index contributed by atoms with van der Waals surface area (Å²) < 4.78 is 0. The Morgan fingerprint density at radius 1 is 1.10 bits per heavy atom. The Bertz CT molecular complexity index is 496. The van der Waals surface area contributed by atoms with Crippen LogP contribution in [0.5, 0.6) is 0 Å². The van der Waals surface area contributed by atoms with E-state index in [9.17, 15) is 9.59 Å². The molecular formula is C16H20N2O2. The highest BCUT2D eigenvalue weighted by Crippen LogP contribution is 2.36. The van der Waals surface area contributed by atoms with Gasteiger partial charge < -0.3 is 4.90 Å². The van der Waals surface area contributed by atoms with Crippen molar-refractivity contribution in [3.63, 3.8) is 0 Å². The fourth-order valence-corrected chi connectivity index (χ4v) is 3.49. The van der Waals surface area contributed by atoms with Gasteiger partial charge in [0.05, 0.1) is 11.6 Å². The zero-order valence-corrected chi connectivity index (χ0v) is 11.8. The van der Waals surface area contributed by atoms with Crippen LogP contribution >= 0.6 is 0 Å². The Kier molecular flexibility index (Phi) is 3.47. The normalized spacial score (nSPS) is 26.6. The Morgan fingerprint density at radius 3 is 2.50 bits per heavy atom. The largest absolute Gasteiger partial charge is 0.331 e. The van der Waals surface area contributed by atoms with Crippen LogP contribution in [0.2, 0.25) is 0 Å². The van der Waals surface area contributed by atoms with Gasteiger partial charge >= 0.3 is 6.03 Å². The summed E-state index contributed by atoms with van der Waals surface area (Å²) in [6.45, 7) is 2.65. The zero-order valence-electron chi connectivity index (χ0n) is 11.8. The minimum Gasteiger partial charge on any atom is -0.320 e. The summed E-state index contributed by atoms with van der Waals surface area (Å²) in [5, 5.41) is 0. The zero-order chi connectivity index (χ0) is 14.1. The topological polar surface area (TPSA) is 40.6 Å². The molecule has 0 N–H and O–H groups in total. The van der Waals surface area contributed by atoms with Crippen LogP contribution in [0.25, 0.3) is 0 Å². The quantitative estimate of drug-likeness (QED) is 0.830. The molecule has 0 radical (unpaired) electrons. The molecule has 20 heavy (non-hydrogen) atoms. The van der Waals surface area contributed by atoms with Gasteiger partial charge in [0.15, 0.2) is 0 Å². The number of rotatable bonds is 2. The maximum atomic E-state index is 12.7. The van der Waals surface area contributed by atoms with E-state index in [1.807, 2.05) is 42.2 Å². The number of hydrogen-bond acceptors (Lipinski definition) is 2. The van der Waals surface area contributed by atoms with Gasteiger partial charge in [0.1, 0.15) is 0 Å². The highest BCUT2D eigenvalue weighted by Gasteiger charge is 2.46. The van der Waals surface area contributed by atoms with Gasteiger partial charge in [-0.15, -0.1) is 0 Å². The standard InChI is InChI=1S/C16H20N2O2/c1-2-17-14-11-7-6-10-13(14)15(19)18(16(17)20)12-8-4-3-5-9-12/h3-5,8-9,13-14H,2,6-7,10-11H2,1H3. The van der Waals surface area contributed by atoms with Crippen LogP contribution < -0.4 is 4.90 Å². The summed E-state index contributed by atoms with van der Waals surface area (Å²) in [6.07, 6.45) is 4.06. The van der Waals surface area contributed by atoms with Crippen LogP contribution in [-0.4, -0.2) is 29.4 Å². The molecule has 106 valence electrons. The van der Waals surface area contributed by atoms with Crippen molar-refractivity contribution in [3.8, 4) is 0 Å². The van der Waals surface area contributed by atoms with Crippen LogP contribution in [0.3, 0.4) is 0 Å². The second-order valence-electron chi connectivity index (χ2n) is 5.54. The molecule has 2 aliphatic rings. The van der Waals surface area contributed by atoms with Crippen molar-refractivity contribution < 1.29 is 9.59 Å². The average molecular weight is 272 g/mol. The van der Waals surface area contributed by atoms with Crippen LogP contribution in [0.1, 0.15) is 32.6 Å². The van der Waals surface area contributed by atoms with E-state index >= 15 is 0 Å². The van der Waals surface area contributed by atoms with Crippen LogP contribution in [-0.2, 0) is 4.79 Å². The average Bonchev–Trinajstić information content (AvgIpc) is 2.49. The number of urea groups is 1. The maximum Gasteiger partial charge on any atom is 0.331 e. The Balaban J connectivity index is 1.98. The molecule has 4 nitrogen and oxygen atoms in total. The number of carbonyl (C=O) groups is 2. The molecule has 1 aliphatic heterocycles. The first-order valence-corrected chi connectivity index (χ1v) is 7.43. The lowest BCUT2D eigenvalue weighted by Crippen LogP contribution is -2.62. The van der Waals surface area contributed by atoms with E-state index in [0.29, 0.717) is 12.2 Å². The molecule has 2 unspecified atom stereocenters. The lowest BCUT2D eigenvalue weighted by atomic mass is 9.81. The smallest absolute Gasteiger partial charge is 0.320 e. The SMILES string of the molecule is CCN1C(=O)N(c2ccccc2)C(=O)C2CCCCC21. The first-order chi connectivity index (χ1) is 9.74. The fourth-order valence-electron chi connectivity index (χ4n) is 3.49. The molecule has 1 aromatic rings. The minimum atomic E-state index is -0.160. The molecule has 2 fully saturated rings. The van der Waals surface area contributed by atoms with Crippen LogP contribution in [0, 0.1) is 5.92 Å². The predicted molar refractivity (Wildman–Crippen MR) is 77.5 cm³/mol. The number of nitrogens with zero attached hydrogens (tertiary/aromatic N) is 2. The number of benzene rings is 1. The Labute approximate surface area is 119 Å². The van der Waals surface area contributed by atoms with Crippen molar-refractivity contribution in [2.75, 3.05) is 11.4 Å². The van der Waals surface area contributed by atoms with Crippen molar-refractivity contribution in [1.29, 1.82) is 0 Å². The molecular weight excluding hydrogens is 252 g/mol. The van der Waals surface area contributed by atoms with Crippen molar-refractivity contribution in [2.45, 2.75) is 38.6 Å². The molecule has 1 saturated carbocycles. The number of carbonyl (C=O) groups excluding carboxylic acids is 2. The number of anilines is 1. The summed E-state index contributed by atoms with van der Waals surface area (Å²) >= 11 is 0. The number of amides is 3.